The number of allylic oxidation sites excluding steroid dienone is 1. The van der Waals surface area contributed by atoms with E-state index in [-0.39, 0.29) is 17.0 Å². The molecule has 0 aromatic carbocycles. The number of aryl methyl sites for hydroxylation is 1. The van der Waals surface area contributed by atoms with E-state index in [0.29, 0.717) is 17.9 Å². The second-order valence-corrected chi connectivity index (χ2v) is 6.69. The lowest BCUT2D eigenvalue weighted by molar-refractivity contribution is -0.858. The van der Waals surface area contributed by atoms with E-state index in [2.05, 4.69) is 11.1 Å². The zero-order chi connectivity index (χ0) is 18.8. The summed E-state index contributed by atoms with van der Waals surface area (Å²) >= 11 is 0. The Morgan fingerprint density at radius 3 is 2.85 bits per heavy atom. The van der Waals surface area contributed by atoms with E-state index < -0.39 is 5.92 Å². The van der Waals surface area contributed by atoms with Crippen molar-refractivity contribution in [1.82, 2.24) is 9.55 Å². The average molecular weight is 352 g/mol. The highest BCUT2D eigenvalue weighted by atomic mass is 16.5. The number of aromatic nitrogens is 2. The van der Waals surface area contributed by atoms with Gasteiger partial charge in [-0.2, -0.15) is 5.26 Å². The molecule has 1 aliphatic rings. The highest BCUT2D eigenvalue weighted by molar-refractivity contribution is 5.54. The topological polar surface area (TPSA) is 98.4 Å². The molecule has 7 heteroatoms. The van der Waals surface area contributed by atoms with Crippen molar-refractivity contribution in [3.63, 3.8) is 0 Å². The number of quaternary nitrogens is 1. The first kappa shape index (κ1) is 17.7. The van der Waals surface area contributed by atoms with Crippen LogP contribution in [0.5, 0.6) is 5.75 Å². The normalized spacial score (nSPS) is 16.2. The van der Waals surface area contributed by atoms with Gasteiger partial charge in [0, 0.05) is 24.2 Å². The predicted molar refractivity (Wildman–Crippen MR) is 96.7 cm³/mol. The van der Waals surface area contributed by atoms with Crippen molar-refractivity contribution in [2.45, 2.75) is 19.4 Å². The summed E-state index contributed by atoms with van der Waals surface area (Å²) < 4.78 is 7.36. The van der Waals surface area contributed by atoms with E-state index in [1.54, 1.807) is 23.0 Å². The molecule has 7 nitrogen and oxygen atoms in total. The number of hydrogen-bond donors (Lipinski definition) is 2. The molecular formula is C19H22N5O2+. The molecule has 0 radical (unpaired) electrons. The minimum atomic E-state index is -0.580. The molecule has 0 saturated carbocycles. The number of hydrogen-bond acceptors (Lipinski definition) is 5. The van der Waals surface area contributed by atoms with Gasteiger partial charge in [-0.05, 0) is 18.6 Å². The van der Waals surface area contributed by atoms with E-state index in [0.717, 1.165) is 17.8 Å². The number of ether oxygens (including phenoxy) is 1. The van der Waals surface area contributed by atoms with Gasteiger partial charge >= 0.3 is 0 Å². The molecular weight excluding hydrogens is 330 g/mol. The first-order valence-corrected chi connectivity index (χ1v) is 8.45. The number of likely N-dealkylation sites (N-methyl/N-ethyl adjacent to an activating group) is 1. The molecule has 2 aromatic rings. The van der Waals surface area contributed by atoms with Gasteiger partial charge in [0.1, 0.15) is 17.4 Å². The number of rotatable bonds is 4. The Morgan fingerprint density at radius 2 is 2.23 bits per heavy atom. The third kappa shape index (κ3) is 3.07. The molecule has 134 valence electrons. The molecule has 0 spiro atoms. The van der Waals surface area contributed by atoms with Crippen molar-refractivity contribution in [1.29, 1.82) is 5.26 Å². The minimum Gasteiger partial charge on any atom is -0.440 e. The molecule has 0 aliphatic carbocycles. The van der Waals surface area contributed by atoms with Gasteiger partial charge in [0.05, 0.1) is 38.7 Å². The summed E-state index contributed by atoms with van der Waals surface area (Å²) in [5, 5.41) is 9.61. The third-order valence-corrected chi connectivity index (χ3v) is 4.54. The maximum Gasteiger partial charge on any atom is 0.258 e. The first-order valence-electron chi connectivity index (χ1n) is 8.45. The molecule has 0 fully saturated rings. The van der Waals surface area contributed by atoms with Crippen molar-refractivity contribution >= 4 is 0 Å². The Hall–Kier alpha value is -3.11. The average Bonchev–Trinajstić information content (AvgIpc) is 2.60. The molecule has 1 aliphatic heterocycles. The van der Waals surface area contributed by atoms with Crippen LogP contribution in [-0.4, -0.2) is 30.2 Å². The number of nitriles is 1. The van der Waals surface area contributed by atoms with Crippen molar-refractivity contribution in [2.75, 3.05) is 20.6 Å². The van der Waals surface area contributed by atoms with Crippen molar-refractivity contribution in [2.24, 2.45) is 5.73 Å². The van der Waals surface area contributed by atoms with Crippen molar-refractivity contribution in [3.05, 3.63) is 69.2 Å². The molecule has 3 heterocycles. The number of pyridine rings is 2. The number of fused-ring (bicyclic) bond motifs is 1. The second kappa shape index (κ2) is 7.02. The summed E-state index contributed by atoms with van der Waals surface area (Å²) in [5.74, 6) is -0.141. The summed E-state index contributed by atoms with van der Waals surface area (Å²) in [6.45, 7) is 3.26. The molecule has 0 saturated heterocycles. The van der Waals surface area contributed by atoms with Crippen LogP contribution in [0.15, 0.2) is 46.8 Å². The standard InChI is InChI=1S/C19H21N5O2/c1-12-9-15-17(19(25)24(12)8-7-23(2)3)16(13-5-4-6-22-11-13)14(10-20)18(21)26-15/h4-6,9,11,16H,7-8,21H2,1-3H3/p+1/t16-/m0/s1. The lowest BCUT2D eigenvalue weighted by atomic mass is 9.85. The molecule has 0 unspecified atom stereocenters. The van der Waals surface area contributed by atoms with Crippen LogP contribution >= 0.6 is 0 Å². The Balaban J connectivity index is 2.22. The van der Waals surface area contributed by atoms with E-state index in [4.69, 9.17) is 10.5 Å². The highest BCUT2D eigenvalue weighted by Crippen LogP contribution is 2.40. The fourth-order valence-corrected chi connectivity index (χ4v) is 3.18. The molecule has 26 heavy (non-hydrogen) atoms. The van der Waals surface area contributed by atoms with Crippen molar-refractivity contribution < 1.29 is 9.64 Å². The van der Waals surface area contributed by atoms with E-state index in [1.165, 1.54) is 4.90 Å². The molecule has 2 aromatic heterocycles. The molecule has 1 atom stereocenters. The number of nitrogens with one attached hydrogen (secondary N) is 1. The van der Waals surface area contributed by atoms with Crippen LogP contribution in [0, 0.1) is 18.3 Å². The largest absolute Gasteiger partial charge is 0.440 e. The summed E-state index contributed by atoms with van der Waals surface area (Å²) in [4.78, 5) is 18.7. The van der Waals surface area contributed by atoms with Gasteiger partial charge < -0.3 is 19.9 Å². The van der Waals surface area contributed by atoms with Gasteiger partial charge in [-0.25, -0.2) is 0 Å². The van der Waals surface area contributed by atoms with Gasteiger partial charge in [-0.15, -0.1) is 0 Å². The van der Waals surface area contributed by atoms with Crippen LogP contribution in [0.25, 0.3) is 0 Å². The van der Waals surface area contributed by atoms with Crippen LogP contribution < -0.4 is 20.9 Å². The maximum absolute atomic E-state index is 13.3. The van der Waals surface area contributed by atoms with E-state index in [1.807, 2.05) is 33.2 Å². The smallest absolute Gasteiger partial charge is 0.258 e. The van der Waals surface area contributed by atoms with Crippen LogP contribution in [-0.2, 0) is 6.54 Å². The van der Waals surface area contributed by atoms with Gasteiger partial charge in [-0.1, -0.05) is 6.07 Å². The van der Waals surface area contributed by atoms with E-state index in [9.17, 15) is 10.1 Å². The first-order chi connectivity index (χ1) is 12.4. The molecule has 0 bridgehead atoms. The van der Waals surface area contributed by atoms with Crippen LogP contribution in [0.1, 0.15) is 22.7 Å². The lowest BCUT2D eigenvalue weighted by Crippen LogP contribution is -3.06. The van der Waals surface area contributed by atoms with Crippen LogP contribution in [0.2, 0.25) is 0 Å². The van der Waals surface area contributed by atoms with Crippen LogP contribution in [0.3, 0.4) is 0 Å². The Morgan fingerprint density at radius 1 is 1.46 bits per heavy atom. The molecule has 0 amide bonds. The van der Waals surface area contributed by atoms with Crippen molar-refractivity contribution in [3.8, 4) is 11.8 Å². The fraction of sp³-hybridized carbons (Fsp3) is 0.316. The third-order valence-electron chi connectivity index (χ3n) is 4.54. The summed E-state index contributed by atoms with van der Waals surface area (Å²) in [6, 6.07) is 7.53. The quantitative estimate of drug-likeness (QED) is 0.802. The van der Waals surface area contributed by atoms with Crippen LogP contribution in [0.4, 0.5) is 0 Å². The lowest BCUT2D eigenvalue weighted by Gasteiger charge is -2.27. The van der Waals surface area contributed by atoms with Gasteiger partial charge in [0.15, 0.2) is 0 Å². The molecule has 3 rings (SSSR count). The highest BCUT2D eigenvalue weighted by Gasteiger charge is 2.34. The monoisotopic (exact) mass is 352 g/mol. The second-order valence-electron chi connectivity index (χ2n) is 6.69. The summed E-state index contributed by atoms with van der Waals surface area (Å²) in [6.07, 6.45) is 3.30. The summed E-state index contributed by atoms with van der Waals surface area (Å²) in [5.41, 5.74) is 8.02. The van der Waals surface area contributed by atoms with E-state index >= 15 is 0 Å². The summed E-state index contributed by atoms with van der Waals surface area (Å²) in [7, 11) is 4.08. The molecule has 3 N–H and O–H groups in total. The fourth-order valence-electron chi connectivity index (χ4n) is 3.18. The Labute approximate surface area is 151 Å². The Kier molecular flexibility index (Phi) is 4.78. The number of nitrogens with zero attached hydrogens (tertiary/aromatic N) is 3. The van der Waals surface area contributed by atoms with Gasteiger partial charge in [-0.3, -0.25) is 9.78 Å². The van der Waals surface area contributed by atoms with Gasteiger partial charge in [0.25, 0.3) is 5.56 Å². The SMILES string of the molecule is Cc1cc2c(c(=O)n1CC[NH+](C)C)[C@@H](c1cccnc1)C(C#N)=C(N)O2. The zero-order valence-electron chi connectivity index (χ0n) is 15.1. The number of nitrogens with two attached hydrogens (primary N) is 1. The Bertz CT molecular complexity index is 954. The minimum absolute atomic E-state index is 0.0307. The van der Waals surface area contributed by atoms with Gasteiger partial charge in [0.2, 0.25) is 5.88 Å². The maximum atomic E-state index is 13.3. The predicted octanol–water partition coefficient (Wildman–Crippen LogP) is -0.0856. The zero-order valence-corrected chi connectivity index (χ0v) is 15.1.